The Morgan fingerprint density at radius 3 is 2.59 bits per heavy atom. The molecule has 1 fully saturated rings. The average Bonchev–Trinajstić information content (AvgIpc) is 3.29. The molecule has 0 amide bonds. The molecule has 6 nitrogen and oxygen atoms in total. The number of aliphatic imine (C=N–C) groups is 1. The van der Waals surface area contributed by atoms with Gasteiger partial charge in [-0.25, -0.2) is 4.99 Å². The number of guanidine groups is 1. The number of aliphatic hydroxyl groups excluding tert-OH is 1. The molecule has 0 aromatic heterocycles. The lowest BCUT2D eigenvalue weighted by atomic mass is 10.1. The Balaban J connectivity index is 0.00000363. The van der Waals surface area contributed by atoms with E-state index in [4.69, 9.17) is 14.5 Å². The third-order valence-corrected chi connectivity index (χ3v) is 5.40. The largest absolute Gasteiger partial charge is 0.493 e. The molecule has 2 aromatic rings. The summed E-state index contributed by atoms with van der Waals surface area (Å²) in [5.41, 5.74) is 4.27. The van der Waals surface area contributed by atoms with E-state index in [2.05, 4.69) is 35.8 Å². The molecule has 0 radical (unpaired) electrons. The summed E-state index contributed by atoms with van der Waals surface area (Å²) in [6.07, 6.45) is 0.452. The van der Waals surface area contributed by atoms with Gasteiger partial charge in [0.15, 0.2) is 5.96 Å². The van der Waals surface area contributed by atoms with Crippen molar-refractivity contribution in [2.45, 2.75) is 39.8 Å². The van der Waals surface area contributed by atoms with Gasteiger partial charge in [0, 0.05) is 31.2 Å². The van der Waals surface area contributed by atoms with Crippen molar-refractivity contribution in [3.05, 3.63) is 64.7 Å². The maximum atomic E-state index is 10.5. The van der Waals surface area contributed by atoms with Crippen molar-refractivity contribution in [3.8, 4) is 5.75 Å². The van der Waals surface area contributed by atoms with Crippen molar-refractivity contribution in [1.82, 2.24) is 10.6 Å². The van der Waals surface area contributed by atoms with Gasteiger partial charge in [-0.15, -0.1) is 24.0 Å². The zero-order valence-corrected chi connectivity index (χ0v) is 21.6. The maximum Gasteiger partial charge on any atom is 0.191 e. The number of halogens is 1. The van der Waals surface area contributed by atoms with Crippen molar-refractivity contribution in [2.75, 3.05) is 32.9 Å². The van der Waals surface area contributed by atoms with Gasteiger partial charge in [-0.1, -0.05) is 42.0 Å². The van der Waals surface area contributed by atoms with Gasteiger partial charge < -0.3 is 25.2 Å². The average molecular weight is 553 g/mol. The van der Waals surface area contributed by atoms with E-state index in [0.717, 1.165) is 48.6 Å². The van der Waals surface area contributed by atoms with Gasteiger partial charge in [0.2, 0.25) is 0 Å². The molecule has 32 heavy (non-hydrogen) atoms. The zero-order valence-electron chi connectivity index (χ0n) is 19.3. The number of nitrogens with zero attached hydrogens (tertiary/aromatic N) is 1. The zero-order chi connectivity index (χ0) is 22.1. The molecule has 3 N–H and O–H groups in total. The lowest BCUT2D eigenvalue weighted by Gasteiger charge is -2.17. The number of aryl methyl sites for hydroxylation is 2. The van der Waals surface area contributed by atoms with Crippen LogP contribution in [0.4, 0.5) is 0 Å². The first-order valence-electron chi connectivity index (χ1n) is 11.1. The fourth-order valence-corrected chi connectivity index (χ4v) is 3.45. The first-order valence-corrected chi connectivity index (χ1v) is 11.1. The van der Waals surface area contributed by atoms with Crippen LogP contribution in [0.3, 0.4) is 0 Å². The molecule has 2 unspecified atom stereocenters. The normalized spacial score (nSPS) is 16.9. The minimum atomic E-state index is -0.601. The Hall–Kier alpha value is -1.84. The Kier molecular flexibility index (Phi) is 11.3. The van der Waals surface area contributed by atoms with E-state index >= 15 is 0 Å². The fourth-order valence-electron chi connectivity index (χ4n) is 3.45. The van der Waals surface area contributed by atoms with Crippen LogP contribution < -0.4 is 15.4 Å². The lowest BCUT2D eigenvalue weighted by molar-refractivity contribution is 0.166. The molecule has 0 saturated carbocycles. The number of hydrogen-bond acceptors (Lipinski definition) is 4. The van der Waals surface area contributed by atoms with Gasteiger partial charge >= 0.3 is 0 Å². The van der Waals surface area contributed by atoms with Gasteiger partial charge in [-0.05, 0) is 44.4 Å². The van der Waals surface area contributed by atoms with E-state index < -0.39 is 6.10 Å². The van der Waals surface area contributed by atoms with Gasteiger partial charge in [0.25, 0.3) is 0 Å². The SMILES string of the molecule is CCNC(=NCc1ccc(C)cc1OCC1CCOC1)NCC(O)c1ccc(C)cc1.I. The molecule has 176 valence electrons. The third kappa shape index (κ3) is 8.26. The summed E-state index contributed by atoms with van der Waals surface area (Å²) in [6, 6.07) is 14.2. The molecule has 0 bridgehead atoms. The van der Waals surface area contributed by atoms with E-state index in [9.17, 15) is 5.11 Å². The standard InChI is InChI=1S/C25H35N3O3.HI/c1-4-26-25(28-15-23(29)21-8-5-18(2)6-9-21)27-14-22-10-7-19(3)13-24(22)31-17-20-11-12-30-16-20;/h5-10,13,20,23,29H,4,11-12,14-17H2,1-3H3,(H2,26,27,28);1H. The maximum absolute atomic E-state index is 10.5. The summed E-state index contributed by atoms with van der Waals surface area (Å²) >= 11 is 0. The predicted octanol–water partition coefficient (Wildman–Crippen LogP) is 4.13. The number of ether oxygens (including phenoxy) is 2. The molecule has 1 heterocycles. The molecule has 1 aliphatic rings. The van der Waals surface area contributed by atoms with Gasteiger partial charge in [0.1, 0.15) is 5.75 Å². The van der Waals surface area contributed by atoms with Crippen LogP contribution in [-0.2, 0) is 11.3 Å². The highest BCUT2D eigenvalue weighted by Crippen LogP contribution is 2.23. The summed E-state index contributed by atoms with van der Waals surface area (Å²) < 4.78 is 11.6. The molecular weight excluding hydrogens is 517 g/mol. The topological polar surface area (TPSA) is 75.1 Å². The number of benzene rings is 2. The summed E-state index contributed by atoms with van der Waals surface area (Å²) in [5, 5.41) is 17.0. The first kappa shape index (κ1) is 26.4. The molecule has 0 spiro atoms. The van der Waals surface area contributed by atoms with Crippen LogP contribution in [0.2, 0.25) is 0 Å². The van der Waals surface area contributed by atoms with E-state index in [1.807, 2.05) is 38.1 Å². The minimum Gasteiger partial charge on any atom is -0.493 e. The second kappa shape index (κ2) is 13.6. The number of aliphatic hydroxyl groups is 1. The van der Waals surface area contributed by atoms with E-state index in [0.29, 0.717) is 31.6 Å². The second-order valence-electron chi connectivity index (χ2n) is 8.15. The second-order valence-corrected chi connectivity index (χ2v) is 8.15. The molecule has 1 saturated heterocycles. The lowest BCUT2D eigenvalue weighted by Crippen LogP contribution is -2.39. The van der Waals surface area contributed by atoms with Crippen LogP contribution >= 0.6 is 24.0 Å². The predicted molar refractivity (Wildman–Crippen MR) is 140 cm³/mol. The quantitative estimate of drug-likeness (QED) is 0.248. The minimum absolute atomic E-state index is 0. The summed E-state index contributed by atoms with van der Waals surface area (Å²) in [5.74, 6) is 2.01. The Morgan fingerprint density at radius 1 is 1.16 bits per heavy atom. The highest BCUT2D eigenvalue weighted by Gasteiger charge is 2.17. The smallest absolute Gasteiger partial charge is 0.191 e. The Morgan fingerprint density at radius 2 is 1.91 bits per heavy atom. The number of rotatable bonds is 9. The molecule has 0 aliphatic carbocycles. The number of hydrogen-bond donors (Lipinski definition) is 3. The Labute approximate surface area is 208 Å². The fraction of sp³-hybridized carbons (Fsp3) is 0.480. The summed E-state index contributed by atoms with van der Waals surface area (Å²) in [7, 11) is 0. The van der Waals surface area contributed by atoms with E-state index in [1.54, 1.807) is 0 Å². The van der Waals surface area contributed by atoms with Crippen LogP contribution in [0, 0.1) is 19.8 Å². The molecular formula is C25H36IN3O3. The van der Waals surface area contributed by atoms with Crippen molar-refractivity contribution in [2.24, 2.45) is 10.9 Å². The molecule has 7 heteroatoms. The molecule has 2 aromatic carbocycles. The highest BCUT2D eigenvalue weighted by molar-refractivity contribution is 14.0. The van der Waals surface area contributed by atoms with Crippen LogP contribution in [0.5, 0.6) is 5.75 Å². The van der Waals surface area contributed by atoms with E-state index in [1.165, 1.54) is 5.56 Å². The Bertz CT molecular complexity index is 852. The van der Waals surface area contributed by atoms with Crippen molar-refractivity contribution in [3.63, 3.8) is 0 Å². The summed E-state index contributed by atoms with van der Waals surface area (Å²) in [6.45, 7) is 10.0. The third-order valence-electron chi connectivity index (χ3n) is 5.40. The molecule has 2 atom stereocenters. The monoisotopic (exact) mass is 553 g/mol. The van der Waals surface area contributed by atoms with E-state index in [-0.39, 0.29) is 24.0 Å². The van der Waals surface area contributed by atoms with Crippen LogP contribution in [0.1, 0.15) is 41.7 Å². The van der Waals surface area contributed by atoms with Crippen molar-refractivity contribution < 1.29 is 14.6 Å². The van der Waals surface area contributed by atoms with Crippen LogP contribution in [-0.4, -0.2) is 44.0 Å². The van der Waals surface area contributed by atoms with Gasteiger partial charge in [-0.3, -0.25) is 0 Å². The van der Waals surface area contributed by atoms with Crippen molar-refractivity contribution >= 4 is 29.9 Å². The molecule has 1 aliphatic heterocycles. The van der Waals surface area contributed by atoms with Gasteiger partial charge in [-0.2, -0.15) is 0 Å². The number of nitrogens with one attached hydrogen (secondary N) is 2. The van der Waals surface area contributed by atoms with Crippen LogP contribution in [0.15, 0.2) is 47.5 Å². The van der Waals surface area contributed by atoms with Crippen LogP contribution in [0.25, 0.3) is 0 Å². The highest BCUT2D eigenvalue weighted by atomic mass is 127. The first-order chi connectivity index (χ1) is 15.0. The van der Waals surface area contributed by atoms with Gasteiger partial charge in [0.05, 0.1) is 25.9 Å². The molecule has 3 rings (SSSR count). The summed E-state index contributed by atoms with van der Waals surface area (Å²) in [4.78, 5) is 4.71. The van der Waals surface area contributed by atoms with Crippen molar-refractivity contribution in [1.29, 1.82) is 0 Å².